The fraction of sp³-hybridized carbons (Fsp3) is 0.120. The molecule has 4 aromatic rings. The van der Waals surface area contributed by atoms with Crippen LogP contribution in [0.4, 0.5) is 11.6 Å². The van der Waals surface area contributed by atoms with Gasteiger partial charge in [0.2, 0.25) is 5.95 Å². The number of carbonyl (C=O) groups excluding carboxylic acids is 1. The van der Waals surface area contributed by atoms with E-state index in [4.69, 9.17) is 28.3 Å². The summed E-state index contributed by atoms with van der Waals surface area (Å²) in [4.78, 5) is 23.5. The standard InChI is InChI=1S/C25H18Cl2N6O3S/c1-25(12-15-4-6-16(7-5-15)20-3-2-8-30-21(20)13-28)23(34)32(19-10-17(26)9-18(27)11-19)24-31-14-22(33(24)25)37(29,35)36/h2-11,14H,12H2,1H3,(H2,29,35,36). The molecular formula is C25H18Cl2N6O3S. The molecule has 0 aliphatic carbocycles. The van der Waals surface area contributed by atoms with Crippen LogP contribution in [0.1, 0.15) is 18.2 Å². The van der Waals surface area contributed by atoms with Gasteiger partial charge in [-0.15, -0.1) is 0 Å². The molecule has 1 amide bonds. The molecule has 12 heteroatoms. The maximum atomic E-state index is 13.9. The summed E-state index contributed by atoms with van der Waals surface area (Å²) >= 11 is 12.4. The Balaban J connectivity index is 1.60. The zero-order valence-corrected chi connectivity index (χ0v) is 21.6. The second-order valence-electron chi connectivity index (χ2n) is 8.70. The topological polar surface area (TPSA) is 135 Å². The van der Waals surface area contributed by atoms with Gasteiger partial charge < -0.3 is 0 Å². The fourth-order valence-electron chi connectivity index (χ4n) is 4.56. The molecule has 37 heavy (non-hydrogen) atoms. The number of carbonyl (C=O) groups is 1. The monoisotopic (exact) mass is 552 g/mol. The van der Waals surface area contributed by atoms with Crippen molar-refractivity contribution in [2.45, 2.75) is 23.9 Å². The molecule has 9 nitrogen and oxygen atoms in total. The largest absolute Gasteiger partial charge is 0.284 e. The number of hydrogen-bond acceptors (Lipinski definition) is 6. The van der Waals surface area contributed by atoms with Crippen LogP contribution in [0.5, 0.6) is 0 Å². The van der Waals surface area contributed by atoms with Gasteiger partial charge in [0.05, 0.1) is 11.9 Å². The lowest BCUT2D eigenvalue weighted by atomic mass is 9.91. The summed E-state index contributed by atoms with van der Waals surface area (Å²) in [5.74, 6) is -0.345. The van der Waals surface area contributed by atoms with E-state index in [1.165, 1.54) is 15.5 Å². The van der Waals surface area contributed by atoms with Crippen molar-refractivity contribution in [1.29, 1.82) is 5.26 Å². The molecule has 2 aromatic heterocycles. The molecule has 1 aliphatic heterocycles. The number of amides is 1. The van der Waals surface area contributed by atoms with Crippen molar-refractivity contribution in [3.63, 3.8) is 0 Å². The predicted octanol–water partition coefficient (Wildman–Crippen LogP) is 4.41. The van der Waals surface area contributed by atoms with E-state index in [1.807, 2.05) is 24.3 Å². The van der Waals surface area contributed by atoms with Crippen LogP contribution < -0.4 is 10.0 Å². The van der Waals surface area contributed by atoms with Crippen molar-refractivity contribution in [3.05, 3.63) is 88.3 Å². The zero-order chi connectivity index (χ0) is 26.5. The predicted molar refractivity (Wildman–Crippen MR) is 139 cm³/mol. The lowest BCUT2D eigenvalue weighted by Gasteiger charge is -2.26. The highest BCUT2D eigenvalue weighted by Crippen LogP contribution is 2.44. The molecule has 0 saturated heterocycles. The number of fused-ring (bicyclic) bond motifs is 1. The number of anilines is 2. The average molecular weight is 553 g/mol. The molecule has 0 bridgehead atoms. The van der Waals surface area contributed by atoms with E-state index in [0.717, 1.165) is 17.3 Å². The van der Waals surface area contributed by atoms with Crippen molar-refractivity contribution in [2.24, 2.45) is 5.14 Å². The molecule has 0 saturated carbocycles. The molecule has 2 aromatic carbocycles. The third kappa shape index (κ3) is 4.26. The van der Waals surface area contributed by atoms with E-state index in [-0.39, 0.29) is 17.4 Å². The van der Waals surface area contributed by atoms with Gasteiger partial charge in [-0.1, -0.05) is 47.5 Å². The molecule has 186 valence electrons. The molecule has 3 heterocycles. The molecule has 0 fully saturated rings. The summed E-state index contributed by atoms with van der Waals surface area (Å²) in [6, 6.07) is 17.5. The average Bonchev–Trinajstić information content (AvgIpc) is 3.37. The van der Waals surface area contributed by atoms with Crippen LogP contribution in [0.25, 0.3) is 11.1 Å². The number of nitrogens with two attached hydrogens (primary N) is 1. The number of nitriles is 1. The minimum atomic E-state index is -4.21. The second-order valence-corrected chi connectivity index (χ2v) is 11.1. The van der Waals surface area contributed by atoms with E-state index in [2.05, 4.69) is 16.0 Å². The molecule has 0 radical (unpaired) electrons. The Morgan fingerprint density at radius 2 is 1.76 bits per heavy atom. The summed E-state index contributed by atoms with van der Waals surface area (Å²) in [6.45, 7) is 1.63. The number of primary sulfonamides is 1. The Kier molecular flexibility index (Phi) is 6.04. The molecule has 0 spiro atoms. The van der Waals surface area contributed by atoms with Crippen LogP contribution >= 0.6 is 23.2 Å². The first-order valence-corrected chi connectivity index (χ1v) is 13.2. The lowest BCUT2D eigenvalue weighted by molar-refractivity contribution is -0.124. The van der Waals surface area contributed by atoms with E-state index in [0.29, 0.717) is 27.0 Å². The number of imidazole rings is 1. The van der Waals surface area contributed by atoms with Crippen LogP contribution in [-0.4, -0.2) is 28.9 Å². The van der Waals surface area contributed by atoms with Crippen molar-refractivity contribution in [3.8, 4) is 17.2 Å². The summed E-state index contributed by atoms with van der Waals surface area (Å²) in [6.07, 6.45) is 2.80. The van der Waals surface area contributed by atoms with Crippen LogP contribution in [0.2, 0.25) is 10.0 Å². The third-order valence-electron chi connectivity index (χ3n) is 6.19. The Morgan fingerprint density at radius 1 is 1.08 bits per heavy atom. The van der Waals surface area contributed by atoms with Crippen LogP contribution in [0.3, 0.4) is 0 Å². The number of nitrogens with zero attached hydrogens (tertiary/aromatic N) is 5. The number of rotatable bonds is 5. The minimum absolute atomic E-state index is 0.0838. The van der Waals surface area contributed by atoms with E-state index in [1.54, 1.807) is 37.4 Å². The van der Waals surface area contributed by atoms with Crippen LogP contribution in [0.15, 0.2) is 72.0 Å². The summed E-state index contributed by atoms with van der Waals surface area (Å²) < 4.78 is 26.2. The Hall–Kier alpha value is -3.75. The van der Waals surface area contributed by atoms with Crippen LogP contribution in [0, 0.1) is 11.3 Å². The maximum absolute atomic E-state index is 13.9. The van der Waals surface area contributed by atoms with Gasteiger partial charge in [-0.25, -0.2) is 28.4 Å². The van der Waals surface area contributed by atoms with Gasteiger partial charge in [-0.2, -0.15) is 5.26 Å². The number of hydrogen-bond donors (Lipinski definition) is 1. The Bertz CT molecular complexity index is 1690. The molecule has 1 unspecified atom stereocenters. The SMILES string of the molecule is CC1(Cc2ccc(-c3cccnc3C#N)cc2)C(=O)N(c2cc(Cl)cc(Cl)c2)c2ncc(S(N)(=O)=O)n21. The second kappa shape index (κ2) is 8.97. The summed E-state index contributed by atoms with van der Waals surface area (Å²) in [5.41, 5.74) is 1.45. The molecule has 1 atom stereocenters. The number of benzene rings is 2. The minimum Gasteiger partial charge on any atom is -0.284 e. The van der Waals surface area contributed by atoms with Gasteiger partial charge in [0.1, 0.15) is 17.3 Å². The van der Waals surface area contributed by atoms with Crippen LogP contribution in [-0.2, 0) is 26.8 Å². The summed E-state index contributed by atoms with van der Waals surface area (Å²) in [7, 11) is -4.21. The van der Waals surface area contributed by atoms with Gasteiger partial charge in [0.25, 0.3) is 15.9 Å². The number of pyridine rings is 1. The van der Waals surface area contributed by atoms with Gasteiger partial charge in [-0.3, -0.25) is 9.36 Å². The Labute approximate surface area is 222 Å². The first-order chi connectivity index (χ1) is 17.5. The number of sulfonamides is 1. The summed E-state index contributed by atoms with van der Waals surface area (Å²) in [5, 5.41) is 15.2. The molecule has 5 rings (SSSR count). The van der Waals surface area contributed by atoms with E-state index < -0.39 is 21.5 Å². The first-order valence-electron chi connectivity index (χ1n) is 10.9. The highest BCUT2D eigenvalue weighted by molar-refractivity contribution is 7.89. The first kappa shape index (κ1) is 24.9. The zero-order valence-electron chi connectivity index (χ0n) is 19.3. The smallest absolute Gasteiger partial charge is 0.260 e. The van der Waals surface area contributed by atoms with Gasteiger partial charge >= 0.3 is 0 Å². The fourth-order valence-corrected chi connectivity index (χ4v) is 5.81. The molecule has 1 aliphatic rings. The van der Waals surface area contributed by atoms with Gasteiger partial charge in [0.15, 0.2) is 5.03 Å². The highest BCUT2D eigenvalue weighted by Gasteiger charge is 2.51. The van der Waals surface area contributed by atoms with E-state index in [9.17, 15) is 18.5 Å². The Morgan fingerprint density at radius 3 is 2.38 bits per heavy atom. The van der Waals surface area contributed by atoms with Gasteiger partial charge in [-0.05, 0) is 48.4 Å². The van der Waals surface area contributed by atoms with E-state index >= 15 is 0 Å². The van der Waals surface area contributed by atoms with Crippen molar-refractivity contribution >= 4 is 50.8 Å². The van der Waals surface area contributed by atoms with Crippen molar-refractivity contribution < 1.29 is 13.2 Å². The van der Waals surface area contributed by atoms with Crippen molar-refractivity contribution in [1.82, 2.24) is 14.5 Å². The highest BCUT2D eigenvalue weighted by atomic mass is 35.5. The quantitative estimate of drug-likeness (QED) is 0.389. The molecule has 2 N–H and O–H groups in total. The third-order valence-corrected chi connectivity index (χ3v) is 7.50. The number of halogens is 2. The van der Waals surface area contributed by atoms with Crippen molar-refractivity contribution in [2.75, 3.05) is 4.90 Å². The molecular weight excluding hydrogens is 535 g/mol. The number of aromatic nitrogens is 3. The maximum Gasteiger partial charge on any atom is 0.260 e. The lowest BCUT2D eigenvalue weighted by Crippen LogP contribution is -2.42. The normalized spacial score (nSPS) is 17.1. The van der Waals surface area contributed by atoms with Gasteiger partial charge in [0, 0.05) is 28.2 Å².